The third-order valence-electron chi connectivity index (χ3n) is 4.12. The van der Waals surface area contributed by atoms with Crippen LogP contribution < -0.4 is 11.1 Å². The molecule has 1 aliphatic heterocycles. The van der Waals surface area contributed by atoms with Crippen molar-refractivity contribution < 1.29 is 22.0 Å². The van der Waals surface area contributed by atoms with Gasteiger partial charge in [0.05, 0.1) is 6.20 Å². The number of aliphatic imine (C=N–C) groups is 1. The van der Waals surface area contributed by atoms with Crippen LogP contribution in [0.15, 0.2) is 35.5 Å². The zero-order valence-corrected chi connectivity index (χ0v) is 15.7. The van der Waals surface area contributed by atoms with Crippen molar-refractivity contribution in [2.24, 2.45) is 10.7 Å². The summed E-state index contributed by atoms with van der Waals surface area (Å²) in [5.41, 5.74) is 3.70. The average molecular weight is 410 g/mol. The van der Waals surface area contributed by atoms with Crippen LogP contribution in [-0.4, -0.2) is 47.4 Å². The van der Waals surface area contributed by atoms with E-state index in [0.717, 1.165) is 22.6 Å². The van der Waals surface area contributed by atoms with Crippen LogP contribution in [0.1, 0.15) is 23.1 Å². The van der Waals surface area contributed by atoms with Crippen LogP contribution in [0, 0.1) is 11.6 Å². The first-order valence-corrected chi connectivity index (χ1v) is 9.55. The molecule has 12 heteroatoms. The summed E-state index contributed by atoms with van der Waals surface area (Å²) < 4.78 is 52.7. The van der Waals surface area contributed by atoms with E-state index in [1.165, 1.54) is 26.1 Å². The third kappa shape index (κ3) is 3.63. The van der Waals surface area contributed by atoms with Gasteiger partial charge in [-0.15, -0.1) is 0 Å². The SMILES string of the molecule is CN1C(N)=N[C@](C)(c2nc(NC(=O)c3ccc(F)cn3)ccc2F)CS1(=O)=O. The van der Waals surface area contributed by atoms with Crippen molar-refractivity contribution >= 4 is 27.7 Å². The summed E-state index contributed by atoms with van der Waals surface area (Å²) in [5, 5.41) is 2.40. The Balaban J connectivity index is 1.96. The van der Waals surface area contributed by atoms with E-state index < -0.39 is 38.9 Å². The number of rotatable bonds is 3. The Labute approximate surface area is 159 Å². The van der Waals surface area contributed by atoms with Gasteiger partial charge >= 0.3 is 0 Å². The Morgan fingerprint density at radius 1 is 1.29 bits per heavy atom. The number of hydrogen-bond donors (Lipinski definition) is 2. The second-order valence-electron chi connectivity index (χ2n) is 6.31. The zero-order chi connectivity index (χ0) is 20.7. The van der Waals surface area contributed by atoms with Crippen LogP contribution in [0.25, 0.3) is 0 Å². The molecule has 0 aromatic carbocycles. The fourth-order valence-electron chi connectivity index (χ4n) is 2.65. The van der Waals surface area contributed by atoms with E-state index in [2.05, 4.69) is 20.3 Å². The largest absolute Gasteiger partial charge is 0.369 e. The van der Waals surface area contributed by atoms with E-state index in [1.54, 1.807) is 0 Å². The number of hydrogen-bond acceptors (Lipinski definition) is 7. The summed E-state index contributed by atoms with van der Waals surface area (Å²) in [6.07, 6.45) is 0.875. The van der Waals surface area contributed by atoms with Crippen molar-refractivity contribution in [3.63, 3.8) is 0 Å². The van der Waals surface area contributed by atoms with Crippen LogP contribution in [0.4, 0.5) is 14.6 Å². The molecule has 0 saturated heterocycles. The summed E-state index contributed by atoms with van der Waals surface area (Å²) in [7, 11) is -2.59. The third-order valence-corrected chi connectivity index (χ3v) is 6.07. The van der Waals surface area contributed by atoms with E-state index in [0.29, 0.717) is 0 Å². The van der Waals surface area contributed by atoms with Gasteiger partial charge in [0.2, 0.25) is 16.0 Å². The first-order valence-electron chi connectivity index (χ1n) is 7.94. The number of aromatic nitrogens is 2. The number of anilines is 1. The van der Waals surface area contributed by atoms with Crippen LogP contribution >= 0.6 is 0 Å². The molecule has 0 radical (unpaired) electrons. The number of halogens is 2. The van der Waals surface area contributed by atoms with Crippen molar-refractivity contribution in [1.82, 2.24) is 14.3 Å². The molecule has 2 aromatic heterocycles. The molecule has 1 amide bonds. The van der Waals surface area contributed by atoms with Crippen LogP contribution in [0.2, 0.25) is 0 Å². The molecule has 28 heavy (non-hydrogen) atoms. The van der Waals surface area contributed by atoms with Gasteiger partial charge in [-0.3, -0.25) is 4.79 Å². The minimum Gasteiger partial charge on any atom is -0.369 e. The minimum absolute atomic E-state index is 0.0566. The highest BCUT2D eigenvalue weighted by atomic mass is 32.2. The molecule has 9 nitrogen and oxygen atoms in total. The topological polar surface area (TPSA) is 131 Å². The molecule has 0 bridgehead atoms. The molecular formula is C16H16F2N6O3S. The second kappa shape index (κ2) is 6.78. The molecular weight excluding hydrogens is 394 g/mol. The maximum Gasteiger partial charge on any atom is 0.275 e. The Morgan fingerprint density at radius 2 is 2.00 bits per heavy atom. The highest BCUT2D eigenvalue weighted by Gasteiger charge is 2.43. The summed E-state index contributed by atoms with van der Waals surface area (Å²) in [6.45, 7) is 1.38. The molecule has 0 unspecified atom stereocenters. The van der Waals surface area contributed by atoms with Gasteiger partial charge in [0.25, 0.3) is 5.91 Å². The Hall–Kier alpha value is -3.15. The quantitative estimate of drug-likeness (QED) is 0.770. The maximum atomic E-state index is 14.4. The van der Waals surface area contributed by atoms with Crippen molar-refractivity contribution in [2.75, 3.05) is 18.1 Å². The van der Waals surface area contributed by atoms with Gasteiger partial charge in [-0.05, 0) is 31.2 Å². The van der Waals surface area contributed by atoms with E-state index in [-0.39, 0.29) is 23.2 Å². The normalized spacial score (nSPS) is 21.1. The Morgan fingerprint density at radius 3 is 2.61 bits per heavy atom. The van der Waals surface area contributed by atoms with Crippen LogP contribution in [0.5, 0.6) is 0 Å². The predicted molar refractivity (Wildman–Crippen MR) is 96.9 cm³/mol. The fraction of sp³-hybridized carbons (Fsp3) is 0.250. The Bertz CT molecular complexity index is 1070. The molecule has 2 aromatic rings. The predicted octanol–water partition coefficient (Wildman–Crippen LogP) is 0.812. The van der Waals surface area contributed by atoms with Crippen LogP contribution in [-0.2, 0) is 15.6 Å². The lowest BCUT2D eigenvalue weighted by molar-refractivity contribution is 0.102. The zero-order valence-electron chi connectivity index (χ0n) is 14.8. The van der Waals surface area contributed by atoms with E-state index >= 15 is 0 Å². The molecule has 1 aliphatic rings. The van der Waals surface area contributed by atoms with Crippen LogP contribution in [0.3, 0.4) is 0 Å². The number of nitrogens with two attached hydrogens (primary N) is 1. The smallest absolute Gasteiger partial charge is 0.275 e. The standard InChI is InChI=1S/C16H16F2N6O3S/c1-16(8-28(26,27)24(2)15(19)23-16)13-10(18)4-6-12(21-13)22-14(25)11-5-3-9(17)7-20-11/h3-7H,8H2,1-2H3,(H2,19,23)(H,21,22,25)/t16-/m0/s1. The second-order valence-corrected chi connectivity index (χ2v) is 8.31. The fourth-order valence-corrected chi connectivity index (χ4v) is 4.08. The van der Waals surface area contributed by atoms with Gasteiger partial charge < -0.3 is 11.1 Å². The van der Waals surface area contributed by atoms with Gasteiger partial charge in [0.1, 0.15) is 40.1 Å². The first kappa shape index (κ1) is 19.6. The first-order chi connectivity index (χ1) is 13.0. The lowest BCUT2D eigenvalue weighted by Crippen LogP contribution is -2.50. The number of amides is 1. The summed E-state index contributed by atoms with van der Waals surface area (Å²) in [4.78, 5) is 23.9. The monoisotopic (exact) mass is 410 g/mol. The number of sulfonamides is 1. The van der Waals surface area contributed by atoms with Crippen molar-refractivity contribution in [3.8, 4) is 0 Å². The number of carbonyl (C=O) groups excluding carboxylic acids is 1. The number of guanidine groups is 1. The van der Waals surface area contributed by atoms with Gasteiger partial charge in [-0.2, -0.15) is 0 Å². The number of carbonyl (C=O) groups is 1. The van der Waals surface area contributed by atoms with E-state index in [4.69, 9.17) is 5.73 Å². The van der Waals surface area contributed by atoms with Gasteiger partial charge in [-0.25, -0.2) is 36.5 Å². The van der Waals surface area contributed by atoms with Gasteiger partial charge in [0.15, 0.2) is 0 Å². The highest BCUT2D eigenvalue weighted by molar-refractivity contribution is 7.89. The number of pyridine rings is 2. The molecule has 0 aliphatic carbocycles. The van der Waals surface area contributed by atoms with Gasteiger partial charge in [-0.1, -0.05) is 0 Å². The molecule has 0 spiro atoms. The molecule has 0 fully saturated rings. The maximum absolute atomic E-state index is 14.4. The highest BCUT2D eigenvalue weighted by Crippen LogP contribution is 2.32. The number of nitrogens with one attached hydrogen (secondary N) is 1. The minimum atomic E-state index is -3.83. The molecule has 148 valence electrons. The molecule has 1 atom stereocenters. The lowest BCUT2D eigenvalue weighted by atomic mass is 10.00. The molecule has 3 rings (SSSR count). The summed E-state index contributed by atoms with van der Waals surface area (Å²) >= 11 is 0. The molecule has 0 saturated carbocycles. The molecule has 3 heterocycles. The van der Waals surface area contributed by atoms with Gasteiger partial charge in [0, 0.05) is 7.05 Å². The number of nitrogens with zero attached hydrogens (tertiary/aromatic N) is 4. The summed E-state index contributed by atoms with van der Waals surface area (Å²) in [6, 6.07) is 4.45. The van der Waals surface area contributed by atoms with Crippen molar-refractivity contribution in [3.05, 3.63) is 53.5 Å². The average Bonchev–Trinajstić information content (AvgIpc) is 2.61. The lowest BCUT2D eigenvalue weighted by Gasteiger charge is -2.33. The van der Waals surface area contributed by atoms with Crippen molar-refractivity contribution in [2.45, 2.75) is 12.5 Å². The van der Waals surface area contributed by atoms with E-state index in [9.17, 15) is 22.0 Å². The van der Waals surface area contributed by atoms with E-state index in [1.807, 2.05) is 0 Å². The molecule has 3 N–H and O–H groups in total. The van der Waals surface area contributed by atoms with Crippen molar-refractivity contribution in [1.29, 1.82) is 0 Å². The Kier molecular flexibility index (Phi) is 4.75. The summed E-state index contributed by atoms with van der Waals surface area (Å²) in [5.74, 6) is -3.03.